The van der Waals surface area contributed by atoms with E-state index in [1.165, 1.54) is 20.8 Å². The quantitative estimate of drug-likeness (QED) is 0.533. The van der Waals surface area contributed by atoms with E-state index in [0.717, 1.165) is 11.1 Å². The molecule has 0 saturated carbocycles. The summed E-state index contributed by atoms with van der Waals surface area (Å²) < 4.78 is 35.1. The summed E-state index contributed by atoms with van der Waals surface area (Å²) in [6.07, 6.45) is -0.0697. The highest BCUT2D eigenvalue weighted by Crippen LogP contribution is 2.28. The summed E-state index contributed by atoms with van der Waals surface area (Å²) >= 11 is 0. The molecular formula is C23H28O6S. The van der Waals surface area contributed by atoms with E-state index < -0.39 is 32.4 Å². The second-order valence-corrected chi connectivity index (χ2v) is 10.4. The van der Waals surface area contributed by atoms with Crippen LogP contribution in [0.1, 0.15) is 44.2 Å². The minimum Gasteiger partial charge on any atom is -0.464 e. The smallest absolute Gasteiger partial charge is 0.306 e. The number of hydrogen-bond donors (Lipinski definition) is 0. The summed E-state index contributed by atoms with van der Waals surface area (Å²) in [5, 5.41) is 0. The van der Waals surface area contributed by atoms with Gasteiger partial charge in [0.25, 0.3) is 0 Å². The van der Waals surface area contributed by atoms with E-state index in [9.17, 15) is 18.0 Å². The van der Waals surface area contributed by atoms with Gasteiger partial charge < -0.3 is 9.47 Å². The van der Waals surface area contributed by atoms with Crippen LogP contribution in [0.5, 0.6) is 0 Å². The SMILES string of the molecule is CC(=O)OCC(C)(C)S(=O)(=O)CC(CC(=O)OCc1ccccc1)c1ccccc1. The van der Waals surface area contributed by atoms with E-state index in [0.29, 0.717) is 0 Å². The summed E-state index contributed by atoms with van der Waals surface area (Å²) in [6.45, 7) is 4.15. The van der Waals surface area contributed by atoms with E-state index in [1.54, 1.807) is 24.3 Å². The van der Waals surface area contributed by atoms with Crippen LogP contribution >= 0.6 is 0 Å². The number of carbonyl (C=O) groups excluding carboxylic acids is 2. The van der Waals surface area contributed by atoms with Gasteiger partial charge in [0.2, 0.25) is 0 Å². The van der Waals surface area contributed by atoms with E-state index in [-0.39, 0.29) is 25.4 Å². The van der Waals surface area contributed by atoms with E-state index in [4.69, 9.17) is 9.47 Å². The third-order valence-electron chi connectivity index (χ3n) is 4.81. The first-order valence-electron chi connectivity index (χ1n) is 9.71. The number of esters is 2. The van der Waals surface area contributed by atoms with Crippen LogP contribution in [0.15, 0.2) is 60.7 Å². The largest absolute Gasteiger partial charge is 0.464 e. The monoisotopic (exact) mass is 432 g/mol. The van der Waals surface area contributed by atoms with Crippen LogP contribution in [0.4, 0.5) is 0 Å². The molecule has 0 N–H and O–H groups in total. The van der Waals surface area contributed by atoms with Gasteiger partial charge in [-0.1, -0.05) is 60.7 Å². The fourth-order valence-electron chi connectivity index (χ4n) is 2.85. The molecule has 0 bridgehead atoms. The van der Waals surface area contributed by atoms with Crippen LogP contribution in [0, 0.1) is 0 Å². The van der Waals surface area contributed by atoms with Crippen LogP contribution in [-0.2, 0) is 35.5 Å². The van der Waals surface area contributed by atoms with Gasteiger partial charge in [-0.05, 0) is 25.0 Å². The second-order valence-electron chi connectivity index (χ2n) is 7.78. The Hall–Kier alpha value is -2.67. The lowest BCUT2D eigenvalue weighted by Crippen LogP contribution is -2.40. The van der Waals surface area contributed by atoms with Gasteiger partial charge in [0.05, 0.1) is 12.2 Å². The molecular weight excluding hydrogens is 404 g/mol. The molecule has 0 aromatic heterocycles. The lowest BCUT2D eigenvalue weighted by Gasteiger charge is -2.27. The number of ether oxygens (including phenoxy) is 2. The van der Waals surface area contributed by atoms with Gasteiger partial charge in [0.1, 0.15) is 18.0 Å². The number of sulfone groups is 1. The lowest BCUT2D eigenvalue weighted by atomic mass is 9.98. The van der Waals surface area contributed by atoms with Gasteiger partial charge in [-0.15, -0.1) is 0 Å². The van der Waals surface area contributed by atoms with Gasteiger partial charge >= 0.3 is 11.9 Å². The van der Waals surface area contributed by atoms with Gasteiger partial charge in [-0.3, -0.25) is 9.59 Å². The molecule has 0 spiro atoms. The fourth-order valence-corrected chi connectivity index (χ4v) is 4.38. The van der Waals surface area contributed by atoms with Crippen LogP contribution in [0.2, 0.25) is 0 Å². The van der Waals surface area contributed by atoms with Crippen molar-refractivity contribution < 1.29 is 27.5 Å². The number of hydrogen-bond acceptors (Lipinski definition) is 6. The Labute approximate surface area is 178 Å². The Kier molecular flexibility index (Phi) is 8.17. The maximum atomic E-state index is 13.1. The first-order chi connectivity index (χ1) is 14.1. The van der Waals surface area contributed by atoms with Crippen molar-refractivity contribution in [1.82, 2.24) is 0 Å². The molecule has 0 heterocycles. The third kappa shape index (κ3) is 6.99. The minimum atomic E-state index is -3.70. The Morgan fingerprint density at radius 3 is 2.07 bits per heavy atom. The topological polar surface area (TPSA) is 86.7 Å². The summed E-state index contributed by atoms with van der Waals surface area (Å²) in [6, 6.07) is 18.3. The molecule has 162 valence electrons. The van der Waals surface area contributed by atoms with Crippen molar-refractivity contribution in [3.05, 3.63) is 71.8 Å². The maximum Gasteiger partial charge on any atom is 0.306 e. The van der Waals surface area contributed by atoms with Gasteiger partial charge in [-0.25, -0.2) is 8.42 Å². The Morgan fingerprint density at radius 2 is 1.50 bits per heavy atom. The van der Waals surface area contributed by atoms with Crippen molar-refractivity contribution >= 4 is 21.8 Å². The summed E-state index contributed by atoms with van der Waals surface area (Å²) in [4.78, 5) is 23.6. The zero-order valence-corrected chi connectivity index (χ0v) is 18.4. The zero-order valence-electron chi connectivity index (χ0n) is 17.5. The highest BCUT2D eigenvalue weighted by molar-refractivity contribution is 7.92. The molecule has 7 heteroatoms. The molecule has 1 atom stereocenters. The molecule has 30 heavy (non-hydrogen) atoms. The molecule has 2 aromatic carbocycles. The predicted octanol–water partition coefficient (Wildman–Crippen LogP) is 3.66. The number of benzene rings is 2. The molecule has 0 radical (unpaired) electrons. The first kappa shape index (κ1) is 23.6. The van der Waals surface area contributed by atoms with Crippen molar-refractivity contribution in [2.24, 2.45) is 0 Å². The number of rotatable bonds is 10. The van der Waals surface area contributed by atoms with Crippen molar-refractivity contribution in [3.63, 3.8) is 0 Å². The lowest BCUT2D eigenvalue weighted by molar-refractivity contribution is -0.145. The minimum absolute atomic E-state index is 0.0697. The average Bonchev–Trinajstić information content (AvgIpc) is 2.71. The number of carbonyl (C=O) groups is 2. The molecule has 0 saturated heterocycles. The summed E-state index contributed by atoms with van der Waals surface area (Å²) in [7, 11) is -3.70. The van der Waals surface area contributed by atoms with Gasteiger partial charge in [-0.2, -0.15) is 0 Å². The van der Waals surface area contributed by atoms with Crippen molar-refractivity contribution in [3.8, 4) is 0 Å². The zero-order chi connectivity index (χ0) is 22.2. The molecule has 0 aliphatic rings. The molecule has 0 aliphatic heterocycles. The maximum absolute atomic E-state index is 13.1. The van der Waals surface area contributed by atoms with Crippen LogP contribution in [-0.4, -0.2) is 37.5 Å². The molecule has 0 aliphatic carbocycles. The van der Waals surface area contributed by atoms with Crippen molar-refractivity contribution in [2.75, 3.05) is 12.4 Å². The van der Waals surface area contributed by atoms with E-state index >= 15 is 0 Å². The van der Waals surface area contributed by atoms with Crippen LogP contribution in [0.3, 0.4) is 0 Å². The van der Waals surface area contributed by atoms with Gasteiger partial charge in [0, 0.05) is 12.8 Å². The van der Waals surface area contributed by atoms with E-state index in [2.05, 4.69) is 0 Å². The van der Waals surface area contributed by atoms with Crippen LogP contribution < -0.4 is 0 Å². The normalized spacial score (nSPS) is 12.8. The second kappa shape index (κ2) is 10.4. The molecule has 2 aromatic rings. The van der Waals surface area contributed by atoms with Crippen molar-refractivity contribution in [2.45, 2.75) is 44.5 Å². The standard InChI is InChI=1S/C23H28O6S/c1-18(24)29-17-23(2,3)30(26,27)16-21(20-12-8-5-9-13-20)14-22(25)28-15-19-10-6-4-7-11-19/h4-13,21H,14-17H2,1-3H3. The highest BCUT2D eigenvalue weighted by atomic mass is 32.2. The highest BCUT2D eigenvalue weighted by Gasteiger charge is 2.38. The Balaban J connectivity index is 2.13. The molecule has 1 unspecified atom stereocenters. The Bertz CT molecular complexity index is 936. The van der Waals surface area contributed by atoms with Crippen LogP contribution in [0.25, 0.3) is 0 Å². The molecule has 6 nitrogen and oxygen atoms in total. The fraction of sp³-hybridized carbons (Fsp3) is 0.391. The van der Waals surface area contributed by atoms with Gasteiger partial charge in [0.15, 0.2) is 9.84 Å². The third-order valence-corrected chi connectivity index (χ3v) is 7.46. The summed E-state index contributed by atoms with van der Waals surface area (Å²) in [5.41, 5.74) is 1.60. The predicted molar refractivity (Wildman–Crippen MR) is 115 cm³/mol. The molecule has 0 amide bonds. The van der Waals surface area contributed by atoms with E-state index in [1.807, 2.05) is 36.4 Å². The first-order valence-corrected chi connectivity index (χ1v) is 11.4. The molecule has 0 fully saturated rings. The summed E-state index contributed by atoms with van der Waals surface area (Å²) in [5.74, 6) is -1.84. The molecule has 2 rings (SSSR count). The average molecular weight is 433 g/mol. The van der Waals surface area contributed by atoms with Crippen molar-refractivity contribution in [1.29, 1.82) is 0 Å². The Morgan fingerprint density at radius 1 is 0.933 bits per heavy atom.